The van der Waals surface area contributed by atoms with Gasteiger partial charge in [-0.05, 0) is 36.2 Å². The number of hydrogen-bond acceptors (Lipinski definition) is 4. The summed E-state index contributed by atoms with van der Waals surface area (Å²) >= 11 is 0. The predicted molar refractivity (Wildman–Crippen MR) is 73.7 cm³/mol. The molecule has 0 aliphatic carbocycles. The largest absolute Gasteiger partial charge is 0.495 e. The Labute approximate surface area is 107 Å². The van der Waals surface area contributed by atoms with Crippen molar-refractivity contribution in [2.75, 3.05) is 18.2 Å². The zero-order chi connectivity index (χ0) is 13.0. The van der Waals surface area contributed by atoms with E-state index in [4.69, 9.17) is 10.5 Å². The van der Waals surface area contributed by atoms with E-state index in [0.717, 1.165) is 22.8 Å². The van der Waals surface area contributed by atoms with Crippen LogP contribution < -0.4 is 15.8 Å². The minimum atomic E-state index is 0.705. The van der Waals surface area contributed by atoms with Gasteiger partial charge >= 0.3 is 0 Å². The highest BCUT2D eigenvalue weighted by Crippen LogP contribution is 2.17. The number of ether oxygens (including phenoxy) is 1. The zero-order valence-corrected chi connectivity index (χ0v) is 10.6. The number of nitrogen functional groups attached to an aromatic ring is 1. The molecule has 0 atom stereocenters. The Morgan fingerprint density at radius 1 is 1.28 bits per heavy atom. The predicted octanol–water partition coefficient (Wildman–Crippen LogP) is 2.59. The molecule has 2 rings (SSSR count). The minimum Gasteiger partial charge on any atom is -0.495 e. The minimum absolute atomic E-state index is 0.705. The van der Waals surface area contributed by atoms with Crippen LogP contribution in [-0.4, -0.2) is 12.1 Å². The fourth-order valence-corrected chi connectivity index (χ4v) is 1.69. The number of aromatic nitrogens is 1. The summed E-state index contributed by atoms with van der Waals surface area (Å²) in [6.07, 6.45) is 1.69. The monoisotopic (exact) mass is 243 g/mol. The third kappa shape index (κ3) is 2.71. The number of nitrogens with two attached hydrogens (primary N) is 1. The van der Waals surface area contributed by atoms with Gasteiger partial charge in [0.1, 0.15) is 11.6 Å². The quantitative estimate of drug-likeness (QED) is 0.810. The van der Waals surface area contributed by atoms with Gasteiger partial charge in [0.2, 0.25) is 0 Å². The molecular formula is C14H17N3O. The van der Waals surface area contributed by atoms with Gasteiger partial charge in [0, 0.05) is 12.2 Å². The molecule has 0 aliphatic heterocycles. The number of nitrogens with zero attached hydrogens (tertiary/aromatic N) is 1. The first-order chi connectivity index (χ1) is 8.70. The molecule has 0 bridgehead atoms. The number of hydrogen-bond donors (Lipinski definition) is 2. The van der Waals surface area contributed by atoms with Gasteiger partial charge in [0.25, 0.3) is 0 Å². The van der Waals surface area contributed by atoms with Crippen molar-refractivity contribution in [1.29, 1.82) is 0 Å². The van der Waals surface area contributed by atoms with E-state index in [1.807, 2.05) is 31.2 Å². The van der Waals surface area contributed by atoms with Crippen LogP contribution in [0.1, 0.15) is 11.1 Å². The maximum absolute atomic E-state index is 5.87. The smallest absolute Gasteiger partial charge is 0.137 e. The molecule has 4 heteroatoms. The van der Waals surface area contributed by atoms with E-state index in [1.54, 1.807) is 13.3 Å². The van der Waals surface area contributed by atoms with E-state index >= 15 is 0 Å². The van der Waals surface area contributed by atoms with Crippen LogP contribution in [0.15, 0.2) is 36.5 Å². The van der Waals surface area contributed by atoms with Gasteiger partial charge in [-0.15, -0.1) is 0 Å². The van der Waals surface area contributed by atoms with Crippen LogP contribution >= 0.6 is 0 Å². The van der Waals surface area contributed by atoms with Crippen LogP contribution in [0.2, 0.25) is 0 Å². The summed E-state index contributed by atoms with van der Waals surface area (Å²) in [7, 11) is 1.63. The number of nitrogens with one attached hydrogen (secondary N) is 1. The van der Waals surface area contributed by atoms with Crippen molar-refractivity contribution in [1.82, 2.24) is 4.98 Å². The second kappa shape index (κ2) is 5.40. The van der Waals surface area contributed by atoms with E-state index in [9.17, 15) is 0 Å². The van der Waals surface area contributed by atoms with Gasteiger partial charge < -0.3 is 15.8 Å². The van der Waals surface area contributed by atoms with Crippen LogP contribution in [0, 0.1) is 6.92 Å². The topological polar surface area (TPSA) is 60.2 Å². The van der Waals surface area contributed by atoms with Gasteiger partial charge in [0.05, 0.1) is 13.3 Å². The van der Waals surface area contributed by atoms with Gasteiger partial charge in [0.15, 0.2) is 0 Å². The van der Waals surface area contributed by atoms with E-state index in [0.29, 0.717) is 6.54 Å². The number of pyridine rings is 1. The Morgan fingerprint density at radius 2 is 2.11 bits per heavy atom. The van der Waals surface area contributed by atoms with Gasteiger partial charge in [-0.2, -0.15) is 0 Å². The maximum atomic E-state index is 5.87. The van der Waals surface area contributed by atoms with Crippen LogP contribution in [0.5, 0.6) is 5.75 Å². The summed E-state index contributed by atoms with van der Waals surface area (Å²) in [6, 6.07) is 9.69. The average molecular weight is 243 g/mol. The lowest BCUT2D eigenvalue weighted by atomic mass is 10.1. The molecular weight excluding hydrogens is 226 g/mol. The molecule has 0 saturated heterocycles. The zero-order valence-electron chi connectivity index (χ0n) is 10.6. The third-order valence-electron chi connectivity index (χ3n) is 2.92. The lowest BCUT2D eigenvalue weighted by Crippen LogP contribution is -2.04. The summed E-state index contributed by atoms with van der Waals surface area (Å²) in [5, 5.41) is 3.26. The molecule has 0 unspecified atom stereocenters. The normalized spacial score (nSPS) is 10.1. The molecule has 18 heavy (non-hydrogen) atoms. The van der Waals surface area contributed by atoms with E-state index < -0.39 is 0 Å². The summed E-state index contributed by atoms with van der Waals surface area (Å²) in [5.74, 6) is 1.57. The number of rotatable bonds is 4. The molecule has 0 aliphatic rings. The summed E-state index contributed by atoms with van der Waals surface area (Å²) in [6.45, 7) is 2.73. The summed E-state index contributed by atoms with van der Waals surface area (Å²) < 4.78 is 5.06. The first-order valence-electron chi connectivity index (χ1n) is 5.78. The molecule has 0 amide bonds. The Hall–Kier alpha value is -2.23. The van der Waals surface area contributed by atoms with Crippen molar-refractivity contribution >= 4 is 11.5 Å². The highest BCUT2D eigenvalue weighted by Gasteiger charge is 2.01. The number of methoxy groups -OCH3 is 1. The molecule has 1 aromatic carbocycles. The van der Waals surface area contributed by atoms with Crippen molar-refractivity contribution < 1.29 is 4.74 Å². The molecule has 0 fully saturated rings. The van der Waals surface area contributed by atoms with Crippen molar-refractivity contribution in [3.63, 3.8) is 0 Å². The lowest BCUT2D eigenvalue weighted by Gasteiger charge is -2.10. The second-order valence-electron chi connectivity index (χ2n) is 4.07. The fraction of sp³-hybridized carbons (Fsp3) is 0.214. The number of benzene rings is 1. The Balaban J connectivity index is 2.04. The molecule has 94 valence electrons. The maximum Gasteiger partial charge on any atom is 0.137 e. The van der Waals surface area contributed by atoms with Crippen molar-refractivity contribution in [3.8, 4) is 5.75 Å². The Kier molecular flexibility index (Phi) is 3.67. The lowest BCUT2D eigenvalue weighted by molar-refractivity contribution is 0.413. The molecule has 1 heterocycles. The molecule has 0 radical (unpaired) electrons. The van der Waals surface area contributed by atoms with E-state index in [-0.39, 0.29) is 0 Å². The summed E-state index contributed by atoms with van der Waals surface area (Å²) in [4.78, 5) is 4.25. The van der Waals surface area contributed by atoms with Gasteiger partial charge in [-0.1, -0.05) is 12.1 Å². The van der Waals surface area contributed by atoms with Crippen molar-refractivity contribution in [2.24, 2.45) is 0 Å². The van der Waals surface area contributed by atoms with E-state index in [1.165, 1.54) is 5.56 Å². The van der Waals surface area contributed by atoms with Crippen molar-refractivity contribution in [2.45, 2.75) is 13.5 Å². The van der Waals surface area contributed by atoms with Crippen LogP contribution in [-0.2, 0) is 6.54 Å². The molecule has 0 spiro atoms. The van der Waals surface area contributed by atoms with E-state index in [2.05, 4.69) is 16.4 Å². The standard InChI is InChI=1S/C14H17N3O/c1-10-11(4-3-5-13(10)15)8-16-14-7-6-12(18-2)9-17-14/h3-7,9H,8,15H2,1-2H3,(H,16,17). The van der Waals surface area contributed by atoms with Crippen LogP contribution in [0.25, 0.3) is 0 Å². The highest BCUT2D eigenvalue weighted by atomic mass is 16.5. The molecule has 3 N–H and O–H groups in total. The average Bonchev–Trinajstić information content (AvgIpc) is 2.41. The van der Waals surface area contributed by atoms with Gasteiger partial charge in [-0.25, -0.2) is 4.98 Å². The third-order valence-corrected chi connectivity index (χ3v) is 2.92. The number of anilines is 2. The highest BCUT2D eigenvalue weighted by molar-refractivity contribution is 5.51. The Bertz CT molecular complexity index is 523. The second-order valence-corrected chi connectivity index (χ2v) is 4.07. The molecule has 2 aromatic rings. The van der Waals surface area contributed by atoms with Crippen LogP contribution in [0.4, 0.5) is 11.5 Å². The first-order valence-corrected chi connectivity index (χ1v) is 5.78. The fourth-order valence-electron chi connectivity index (χ4n) is 1.69. The summed E-state index contributed by atoms with van der Waals surface area (Å²) in [5.41, 5.74) is 8.97. The SMILES string of the molecule is COc1ccc(NCc2cccc(N)c2C)nc1. The van der Waals surface area contributed by atoms with Crippen molar-refractivity contribution in [3.05, 3.63) is 47.7 Å². The molecule has 1 aromatic heterocycles. The first kappa shape index (κ1) is 12.2. The molecule has 0 saturated carbocycles. The van der Waals surface area contributed by atoms with Gasteiger partial charge in [-0.3, -0.25) is 0 Å². The Morgan fingerprint density at radius 3 is 2.78 bits per heavy atom. The molecule has 4 nitrogen and oxygen atoms in total. The van der Waals surface area contributed by atoms with Crippen LogP contribution in [0.3, 0.4) is 0 Å².